The van der Waals surface area contributed by atoms with E-state index in [9.17, 15) is 22.8 Å². The minimum Gasteiger partial charge on any atom is -0.325 e. The van der Waals surface area contributed by atoms with E-state index in [1.807, 2.05) is 32.0 Å². The van der Waals surface area contributed by atoms with Gasteiger partial charge in [0.2, 0.25) is 11.8 Å². The zero-order chi connectivity index (χ0) is 19.8. The molecule has 1 fully saturated rings. The summed E-state index contributed by atoms with van der Waals surface area (Å²) in [5, 5.41) is 2.85. The lowest BCUT2D eigenvalue weighted by molar-refractivity contribution is -0.137. The second kappa shape index (κ2) is 7.06. The summed E-state index contributed by atoms with van der Waals surface area (Å²) >= 11 is 0. The summed E-state index contributed by atoms with van der Waals surface area (Å²) in [6.07, 6.45) is -4.52. The van der Waals surface area contributed by atoms with Gasteiger partial charge in [0.1, 0.15) is 0 Å². The van der Waals surface area contributed by atoms with Crippen molar-refractivity contribution in [3.05, 3.63) is 59.2 Å². The second-order valence-electron chi connectivity index (χ2n) is 6.71. The van der Waals surface area contributed by atoms with Crippen molar-refractivity contribution in [1.82, 2.24) is 0 Å². The quantitative estimate of drug-likeness (QED) is 0.868. The number of para-hydroxylation sites is 1. The third-order valence-electron chi connectivity index (χ3n) is 4.71. The van der Waals surface area contributed by atoms with Gasteiger partial charge in [-0.3, -0.25) is 9.59 Å². The van der Waals surface area contributed by atoms with Crippen molar-refractivity contribution < 1.29 is 22.8 Å². The molecule has 0 spiro atoms. The normalized spacial score (nSPS) is 17.3. The van der Waals surface area contributed by atoms with E-state index in [1.165, 1.54) is 17.0 Å². The van der Waals surface area contributed by atoms with Gasteiger partial charge in [-0.05, 0) is 43.2 Å². The molecule has 2 amide bonds. The van der Waals surface area contributed by atoms with Crippen molar-refractivity contribution in [3.63, 3.8) is 0 Å². The number of hydrogen-bond donors (Lipinski definition) is 1. The maximum absolute atomic E-state index is 12.9. The van der Waals surface area contributed by atoms with Gasteiger partial charge in [-0.15, -0.1) is 0 Å². The predicted octanol–water partition coefficient (Wildman–Crippen LogP) is 4.31. The van der Waals surface area contributed by atoms with Crippen LogP contribution in [0, 0.1) is 19.8 Å². The molecule has 3 rings (SSSR count). The number of nitrogens with zero attached hydrogens (tertiary/aromatic N) is 1. The average molecular weight is 376 g/mol. The molecule has 1 N–H and O–H groups in total. The minimum absolute atomic E-state index is 0.0347. The number of hydrogen-bond acceptors (Lipinski definition) is 2. The van der Waals surface area contributed by atoms with Crippen LogP contribution in [-0.4, -0.2) is 18.4 Å². The Morgan fingerprint density at radius 2 is 1.74 bits per heavy atom. The van der Waals surface area contributed by atoms with Crippen LogP contribution in [0.5, 0.6) is 0 Å². The van der Waals surface area contributed by atoms with E-state index in [4.69, 9.17) is 0 Å². The molecule has 1 saturated heterocycles. The highest BCUT2D eigenvalue weighted by Crippen LogP contribution is 2.33. The van der Waals surface area contributed by atoms with Crippen LogP contribution in [0.4, 0.5) is 24.5 Å². The molecule has 2 aromatic carbocycles. The van der Waals surface area contributed by atoms with Gasteiger partial charge in [0.25, 0.3) is 0 Å². The van der Waals surface area contributed by atoms with Crippen LogP contribution in [0.3, 0.4) is 0 Å². The number of carbonyl (C=O) groups excluding carboxylic acids is 2. The van der Waals surface area contributed by atoms with Gasteiger partial charge >= 0.3 is 6.18 Å². The maximum Gasteiger partial charge on any atom is 0.416 e. The van der Waals surface area contributed by atoms with Gasteiger partial charge in [-0.1, -0.05) is 24.3 Å². The van der Waals surface area contributed by atoms with Gasteiger partial charge in [-0.2, -0.15) is 13.2 Å². The van der Waals surface area contributed by atoms with Crippen molar-refractivity contribution in [2.24, 2.45) is 5.92 Å². The summed E-state index contributed by atoms with van der Waals surface area (Å²) in [5.74, 6) is -1.29. The summed E-state index contributed by atoms with van der Waals surface area (Å²) in [5.41, 5.74) is 1.84. The highest BCUT2D eigenvalue weighted by molar-refractivity contribution is 6.04. The fraction of sp³-hybridized carbons (Fsp3) is 0.300. The van der Waals surface area contributed by atoms with Crippen molar-refractivity contribution in [2.45, 2.75) is 26.4 Å². The number of alkyl halides is 3. The number of rotatable bonds is 3. The van der Waals surface area contributed by atoms with Gasteiger partial charge in [-0.25, -0.2) is 0 Å². The Hall–Kier alpha value is -2.83. The van der Waals surface area contributed by atoms with Crippen molar-refractivity contribution >= 4 is 23.2 Å². The topological polar surface area (TPSA) is 49.4 Å². The second-order valence-corrected chi connectivity index (χ2v) is 6.71. The molecule has 1 atom stereocenters. The Balaban J connectivity index is 1.77. The minimum atomic E-state index is -4.49. The Morgan fingerprint density at radius 1 is 1.11 bits per heavy atom. The predicted molar refractivity (Wildman–Crippen MR) is 96.4 cm³/mol. The van der Waals surface area contributed by atoms with Crippen LogP contribution in [-0.2, 0) is 15.8 Å². The van der Waals surface area contributed by atoms with E-state index in [1.54, 1.807) is 0 Å². The molecule has 4 nitrogen and oxygen atoms in total. The lowest BCUT2D eigenvalue weighted by Gasteiger charge is -2.19. The first-order chi connectivity index (χ1) is 12.7. The van der Waals surface area contributed by atoms with Crippen LogP contribution in [0.2, 0.25) is 0 Å². The largest absolute Gasteiger partial charge is 0.416 e. The first-order valence-corrected chi connectivity index (χ1v) is 8.51. The van der Waals surface area contributed by atoms with Crippen molar-refractivity contribution in [3.8, 4) is 0 Å². The molecule has 1 unspecified atom stereocenters. The molecule has 0 aliphatic carbocycles. The van der Waals surface area contributed by atoms with E-state index in [2.05, 4.69) is 5.32 Å². The summed E-state index contributed by atoms with van der Waals surface area (Å²) in [6, 6.07) is 10.2. The van der Waals surface area contributed by atoms with E-state index in [-0.39, 0.29) is 30.5 Å². The molecule has 7 heteroatoms. The smallest absolute Gasteiger partial charge is 0.325 e. The maximum atomic E-state index is 12.9. The molecule has 0 bridgehead atoms. The molecule has 1 aliphatic heterocycles. The molecule has 142 valence electrons. The highest BCUT2D eigenvalue weighted by Gasteiger charge is 2.37. The molecule has 0 saturated carbocycles. The van der Waals surface area contributed by atoms with Crippen LogP contribution in [0.1, 0.15) is 23.1 Å². The SMILES string of the molecule is Cc1cccc(C)c1NC(=O)C1CC(=O)N(c2cccc(C(F)(F)F)c2)C1. The molecule has 2 aromatic rings. The fourth-order valence-corrected chi connectivity index (χ4v) is 3.22. The Kier molecular flexibility index (Phi) is 4.95. The Bertz CT molecular complexity index is 873. The van der Waals surface area contributed by atoms with Crippen LogP contribution >= 0.6 is 0 Å². The van der Waals surface area contributed by atoms with E-state index < -0.39 is 17.7 Å². The number of benzene rings is 2. The Morgan fingerprint density at radius 3 is 2.37 bits per heavy atom. The van der Waals surface area contributed by atoms with Crippen LogP contribution in [0.25, 0.3) is 0 Å². The van der Waals surface area contributed by atoms with Gasteiger partial charge in [0.05, 0.1) is 11.5 Å². The lowest BCUT2D eigenvalue weighted by Crippen LogP contribution is -2.28. The van der Waals surface area contributed by atoms with Crippen LogP contribution < -0.4 is 10.2 Å². The molecule has 27 heavy (non-hydrogen) atoms. The van der Waals surface area contributed by atoms with E-state index >= 15 is 0 Å². The summed E-state index contributed by atoms with van der Waals surface area (Å²) in [7, 11) is 0. The lowest BCUT2D eigenvalue weighted by atomic mass is 10.1. The molecular formula is C20H19F3N2O2. The number of anilines is 2. The molecule has 0 aromatic heterocycles. The molecule has 0 radical (unpaired) electrons. The zero-order valence-corrected chi connectivity index (χ0v) is 14.9. The zero-order valence-electron chi connectivity index (χ0n) is 14.9. The summed E-state index contributed by atoms with van der Waals surface area (Å²) in [6.45, 7) is 3.80. The number of halogens is 3. The molecule has 1 heterocycles. The fourth-order valence-electron chi connectivity index (χ4n) is 3.22. The summed E-state index contributed by atoms with van der Waals surface area (Å²) in [4.78, 5) is 26.1. The number of nitrogens with one attached hydrogen (secondary N) is 1. The van der Waals surface area contributed by atoms with Gasteiger partial charge in [0.15, 0.2) is 0 Å². The number of carbonyl (C=O) groups is 2. The van der Waals surface area contributed by atoms with Crippen molar-refractivity contribution in [2.75, 3.05) is 16.8 Å². The highest BCUT2D eigenvalue weighted by atomic mass is 19.4. The average Bonchev–Trinajstić information content (AvgIpc) is 2.99. The standard InChI is InChI=1S/C20H19F3N2O2/c1-12-5-3-6-13(2)18(12)24-19(27)14-9-17(26)25(11-14)16-8-4-7-15(10-16)20(21,22)23/h3-8,10,14H,9,11H2,1-2H3,(H,24,27). The monoisotopic (exact) mass is 376 g/mol. The van der Waals surface area contributed by atoms with Crippen molar-refractivity contribution in [1.29, 1.82) is 0 Å². The molecular weight excluding hydrogens is 357 g/mol. The van der Waals surface area contributed by atoms with Gasteiger partial charge in [0, 0.05) is 24.3 Å². The molecule has 1 aliphatic rings. The number of aryl methyl sites for hydroxylation is 2. The van der Waals surface area contributed by atoms with Gasteiger partial charge < -0.3 is 10.2 Å². The van der Waals surface area contributed by atoms with Crippen LogP contribution in [0.15, 0.2) is 42.5 Å². The van der Waals surface area contributed by atoms with E-state index in [0.717, 1.165) is 23.3 Å². The first-order valence-electron chi connectivity index (χ1n) is 8.51. The third-order valence-corrected chi connectivity index (χ3v) is 4.71. The van der Waals surface area contributed by atoms with E-state index in [0.29, 0.717) is 5.69 Å². The first kappa shape index (κ1) is 18.9. The number of amides is 2. The third kappa shape index (κ3) is 3.97. The summed E-state index contributed by atoms with van der Waals surface area (Å²) < 4.78 is 38.7. The Labute approximate surface area is 155 Å².